The average molecular weight is 381 g/mol. The van der Waals surface area contributed by atoms with Crippen LogP contribution in [-0.2, 0) is 4.79 Å². The first-order valence-corrected chi connectivity index (χ1v) is 9.50. The highest BCUT2D eigenvalue weighted by Crippen LogP contribution is 2.42. The van der Waals surface area contributed by atoms with Crippen LogP contribution in [0.1, 0.15) is 48.5 Å². The first-order chi connectivity index (χ1) is 13.1. The van der Waals surface area contributed by atoms with Gasteiger partial charge in [-0.15, -0.1) is 0 Å². The maximum Gasteiger partial charge on any atom is 0.231 e. The van der Waals surface area contributed by atoms with Gasteiger partial charge in [-0.05, 0) is 36.6 Å². The molecule has 2 atom stereocenters. The van der Waals surface area contributed by atoms with Crippen molar-refractivity contribution < 1.29 is 4.79 Å². The number of aromatic nitrogens is 3. The molecule has 1 aromatic heterocycles. The van der Waals surface area contributed by atoms with Crippen LogP contribution in [0.25, 0.3) is 0 Å². The van der Waals surface area contributed by atoms with Crippen molar-refractivity contribution in [2.24, 2.45) is 0 Å². The topological polar surface area (TPSA) is 51.0 Å². The monoisotopic (exact) mass is 380 g/mol. The molecule has 138 valence electrons. The summed E-state index contributed by atoms with van der Waals surface area (Å²) in [5.41, 5.74) is 3.42. The molecule has 0 bridgehead atoms. The van der Waals surface area contributed by atoms with Gasteiger partial charge in [0.2, 0.25) is 11.9 Å². The highest BCUT2D eigenvalue weighted by Gasteiger charge is 2.38. The molecule has 0 aliphatic carbocycles. The van der Waals surface area contributed by atoms with Crippen LogP contribution in [0, 0.1) is 6.92 Å². The molecule has 5 nitrogen and oxygen atoms in total. The fraction of sp³-hybridized carbons (Fsp3) is 0.286. The zero-order valence-electron chi connectivity index (χ0n) is 15.3. The SMILES string of the molecule is CCC(=O)N1c2ncnn2[C@H](c2ccc(C)cc2)C[C@H]1c1ccc(Cl)cc1. The number of halogens is 1. The summed E-state index contributed by atoms with van der Waals surface area (Å²) in [5.74, 6) is 0.630. The van der Waals surface area contributed by atoms with Gasteiger partial charge in [-0.2, -0.15) is 10.1 Å². The van der Waals surface area contributed by atoms with E-state index in [1.807, 2.05) is 35.9 Å². The van der Waals surface area contributed by atoms with Crippen molar-refractivity contribution in [2.75, 3.05) is 4.90 Å². The van der Waals surface area contributed by atoms with Crippen LogP contribution >= 0.6 is 11.6 Å². The van der Waals surface area contributed by atoms with Crippen molar-refractivity contribution in [3.8, 4) is 0 Å². The zero-order valence-corrected chi connectivity index (χ0v) is 16.1. The van der Waals surface area contributed by atoms with E-state index < -0.39 is 0 Å². The van der Waals surface area contributed by atoms with Crippen LogP contribution in [0.3, 0.4) is 0 Å². The predicted molar refractivity (Wildman–Crippen MR) is 106 cm³/mol. The fourth-order valence-corrected chi connectivity index (χ4v) is 3.81. The Kier molecular flexibility index (Phi) is 4.70. The van der Waals surface area contributed by atoms with Gasteiger partial charge in [0.15, 0.2) is 0 Å². The van der Waals surface area contributed by atoms with Crippen molar-refractivity contribution in [1.82, 2.24) is 14.8 Å². The van der Waals surface area contributed by atoms with E-state index in [1.165, 1.54) is 11.9 Å². The summed E-state index contributed by atoms with van der Waals surface area (Å²) >= 11 is 6.07. The highest BCUT2D eigenvalue weighted by molar-refractivity contribution is 6.30. The van der Waals surface area contributed by atoms with E-state index >= 15 is 0 Å². The number of carbonyl (C=O) groups is 1. The van der Waals surface area contributed by atoms with Gasteiger partial charge in [0.05, 0.1) is 12.1 Å². The summed E-state index contributed by atoms with van der Waals surface area (Å²) in [6.45, 7) is 3.94. The average Bonchev–Trinajstić information content (AvgIpc) is 3.17. The van der Waals surface area contributed by atoms with Crippen LogP contribution < -0.4 is 4.90 Å². The first-order valence-electron chi connectivity index (χ1n) is 9.12. The maximum atomic E-state index is 12.8. The summed E-state index contributed by atoms with van der Waals surface area (Å²) in [6, 6.07) is 16.1. The Hall–Kier alpha value is -2.66. The molecule has 0 fully saturated rings. The van der Waals surface area contributed by atoms with Crippen molar-refractivity contribution in [3.05, 3.63) is 76.6 Å². The number of anilines is 1. The molecule has 0 radical (unpaired) electrons. The molecule has 1 aliphatic rings. The number of carbonyl (C=O) groups excluding carboxylic acids is 1. The molecule has 1 amide bonds. The molecule has 0 unspecified atom stereocenters. The molecular weight excluding hydrogens is 360 g/mol. The largest absolute Gasteiger partial charge is 0.274 e. The highest BCUT2D eigenvalue weighted by atomic mass is 35.5. The third kappa shape index (κ3) is 3.23. The number of hydrogen-bond donors (Lipinski definition) is 0. The molecule has 27 heavy (non-hydrogen) atoms. The third-order valence-electron chi connectivity index (χ3n) is 5.11. The van der Waals surface area contributed by atoms with Gasteiger partial charge in [-0.1, -0.05) is 60.5 Å². The number of rotatable bonds is 3. The van der Waals surface area contributed by atoms with Crippen molar-refractivity contribution in [3.63, 3.8) is 0 Å². The smallest absolute Gasteiger partial charge is 0.231 e. The van der Waals surface area contributed by atoms with Gasteiger partial charge < -0.3 is 0 Å². The Morgan fingerprint density at radius 2 is 1.70 bits per heavy atom. The summed E-state index contributed by atoms with van der Waals surface area (Å²) in [6.07, 6.45) is 2.66. The van der Waals surface area contributed by atoms with Crippen molar-refractivity contribution in [1.29, 1.82) is 0 Å². The number of fused-ring (bicyclic) bond motifs is 1. The van der Waals surface area contributed by atoms with E-state index in [0.29, 0.717) is 17.4 Å². The molecule has 0 N–H and O–H groups in total. The minimum Gasteiger partial charge on any atom is -0.274 e. The number of hydrogen-bond acceptors (Lipinski definition) is 3. The second-order valence-electron chi connectivity index (χ2n) is 6.85. The summed E-state index contributed by atoms with van der Waals surface area (Å²) in [5, 5.41) is 5.12. The summed E-state index contributed by atoms with van der Waals surface area (Å²) in [4.78, 5) is 19.0. The van der Waals surface area contributed by atoms with E-state index in [1.54, 1.807) is 4.90 Å². The van der Waals surface area contributed by atoms with Crippen LogP contribution in [0.2, 0.25) is 5.02 Å². The molecule has 2 aromatic carbocycles. The molecule has 1 aliphatic heterocycles. The number of aryl methyl sites for hydroxylation is 1. The van der Waals surface area contributed by atoms with Crippen LogP contribution in [0.5, 0.6) is 0 Å². The van der Waals surface area contributed by atoms with Crippen LogP contribution in [0.15, 0.2) is 54.9 Å². The van der Waals surface area contributed by atoms with Crippen molar-refractivity contribution in [2.45, 2.75) is 38.8 Å². The molecule has 0 spiro atoms. The Morgan fingerprint density at radius 3 is 2.37 bits per heavy atom. The van der Waals surface area contributed by atoms with Crippen molar-refractivity contribution >= 4 is 23.5 Å². The quantitative estimate of drug-likeness (QED) is 0.660. The van der Waals surface area contributed by atoms with E-state index in [2.05, 4.69) is 41.3 Å². The predicted octanol–water partition coefficient (Wildman–Crippen LogP) is 4.72. The molecule has 3 aromatic rings. The number of benzene rings is 2. The summed E-state index contributed by atoms with van der Waals surface area (Å²) in [7, 11) is 0. The fourth-order valence-electron chi connectivity index (χ4n) is 3.68. The van der Waals surface area contributed by atoms with Gasteiger partial charge in [0.25, 0.3) is 0 Å². The number of amides is 1. The van der Waals surface area contributed by atoms with E-state index in [9.17, 15) is 4.79 Å². The van der Waals surface area contributed by atoms with Gasteiger partial charge in [0.1, 0.15) is 6.33 Å². The minimum absolute atomic E-state index is 0.0182. The van der Waals surface area contributed by atoms with Gasteiger partial charge in [-0.3, -0.25) is 9.69 Å². The Balaban J connectivity index is 1.83. The zero-order chi connectivity index (χ0) is 19.0. The first kappa shape index (κ1) is 17.7. The lowest BCUT2D eigenvalue weighted by Gasteiger charge is -2.39. The molecule has 2 heterocycles. The Labute approximate surface area is 163 Å². The summed E-state index contributed by atoms with van der Waals surface area (Å²) < 4.78 is 1.87. The minimum atomic E-state index is -0.113. The second-order valence-corrected chi connectivity index (χ2v) is 7.29. The third-order valence-corrected chi connectivity index (χ3v) is 5.36. The van der Waals surface area contributed by atoms with Gasteiger partial charge in [-0.25, -0.2) is 4.68 Å². The van der Waals surface area contributed by atoms with E-state index in [-0.39, 0.29) is 18.0 Å². The normalized spacial score (nSPS) is 19.0. The molecule has 0 saturated carbocycles. The molecular formula is C21H21ClN4O. The second kappa shape index (κ2) is 7.16. The Bertz CT molecular complexity index is 949. The lowest BCUT2D eigenvalue weighted by molar-refractivity contribution is -0.119. The van der Waals surface area contributed by atoms with Crippen LogP contribution in [0.4, 0.5) is 5.95 Å². The molecule has 4 rings (SSSR count). The lowest BCUT2D eigenvalue weighted by Crippen LogP contribution is -2.42. The lowest BCUT2D eigenvalue weighted by atomic mass is 9.91. The van der Waals surface area contributed by atoms with Crippen LogP contribution in [-0.4, -0.2) is 20.7 Å². The standard InChI is InChI=1S/C21H21ClN4O/c1-3-20(27)25-18(15-8-10-17(22)11-9-15)12-19(26-21(25)23-13-24-26)16-6-4-14(2)5-7-16/h4-11,13,18-19H,3,12H2,1-2H3/t18-,19-/m0/s1. The molecule has 6 heteroatoms. The van der Waals surface area contributed by atoms with E-state index in [4.69, 9.17) is 11.6 Å². The number of nitrogens with zero attached hydrogens (tertiary/aromatic N) is 4. The Morgan fingerprint density at radius 1 is 1.07 bits per heavy atom. The van der Waals surface area contributed by atoms with E-state index in [0.717, 1.165) is 17.5 Å². The van der Waals surface area contributed by atoms with Gasteiger partial charge in [0, 0.05) is 11.4 Å². The molecule has 0 saturated heterocycles. The van der Waals surface area contributed by atoms with Gasteiger partial charge >= 0.3 is 0 Å². The maximum absolute atomic E-state index is 12.8.